The molecule has 1 aromatic rings. The van der Waals surface area contributed by atoms with E-state index in [2.05, 4.69) is 0 Å². The number of rotatable bonds is 2. The first-order valence-corrected chi connectivity index (χ1v) is 5.10. The summed E-state index contributed by atoms with van der Waals surface area (Å²) in [7, 11) is 0. The van der Waals surface area contributed by atoms with Gasteiger partial charge in [-0.1, -0.05) is 0 Å². The van der Waals surface area contributed by atoms with E-state index in [1.807, 2.05) is 0 Å². The molecule has 10 heteroatoms. The summed E-state index contributed by atoms with van der Waals surface area (Å²) >= 11 is 0. The minimum atomic E-state index is -5.65. The van der Waals surface area contributed by atoms with Gasteiger partial charge in [-0.15, -0.1) is 0 Å². The van der Waals surface area contributed by atoms with Gasteiger partial charge in [0.15, 0.2) is 0 Å². The number of carbonyl (C=O) groups is 1. The van der Waals surface area contributed by atoms with Crippen molar-refractivity contribution in [3.8, 4) is 0 Å². The molecule has 0 aromatic heterocycles. The summed E-state index contributed by atoms with van der Waals surface area (Å²) in [5, 5.41) is 0. The van der Waals surface area contributed by atoms with Crippen LogP contribution in [0.4, 0.5) is 39.5 Å². The minimum absolute atomic E-state index is 0.105. The lowest BCUT2D eigenvalue weighted by molar-refractivity contribution is -0.164. The highest BCUT2D eigenvalue weighted by molar-refractivity contribution is 5.58. The lowest BCUT2D eigenvalue weighted by Crippen LogP contribution is -2.21. The first kappa shape index (κ1) is 17.3. The highest BCUT2D eigenvalue weighted by Gasteiger charge is 2.46. The third-order valence-electron chi connectivity index (χ3n) is 2.44. The maximum Gasteiger partial charge on any atom is 0.417 e. The second kappa shape index (κ2) is 5.23. The summed E-state index contributed by atoms with van der Waals surface area (Å²) in [6.07, 6.45) is -17.9. The molecule has 0 aliphatic heterocycles. The lowest BCUT2D eigenvalue weighted by Gasteiger charge is -2.20. The zero-order valence-electron chi connectivity index (χ0n) is 9.75. The Labute approximate surface area is 111 Å². The first-order chi connectivity index (χ1) is 9.28. The van der Waals surface area contributed by atoms with Crippen LogP contribution in [0.25, 0.3) is 0 Å². The number of hydrogen-bond donors (Lipinski definition) is 0. The predicted octanol–water partition coefficient (Wildman–Crippen LogP) is 4.48. The van der Waals surface area contributed by atoms with Gasteiger partial charge in [0, 0.05) is 6.42 Å². The van der Waals surface area contributed by atoms with Gasteiger partial charge in [-0.3, -0.25) is 0 Å². The number of benzene rings is 1. The van der Waals surface area contributed by atoms with Crippen LogP contribution in [-0.2, 0) is 29.7 Å². The summed E-state index contributed by atoms with van der Waals surface area (Å²) < 4.78 is 113. The average molecular weight is 324 g/mol. The van der Waals surface area contributed by atoms with E-state index in [0.29, 0.717) is 0 Å². The fourth-order valence-electron chi connectivity index (χ4n) is 1.67. The van der Waals surface area contributed by atoms with Crippen molar-refractivity contribution >= 4 is 6.29 Å². The highest BCUT2D eigenvalue weighted by atomic mass is 19.4. The summed E-state index contributed by atoms with van der Waals surface area (Å²) in [4.78, 5) is 10.2. The lowest BCUT2D eigenvalue weighted by atomic mass is 9.94. The molecule has 0 saturated carbocycles. The monoisotopic (exact) mass is 324 g/mol. The summed E-state index contributed by atoms with van der Waals surface area (Å²) in [6.45, 7) is 0. The maximum atomic E-state index is 12.7. The van der Waals surface area contributed by atoms with Gasteiger partial charge in [0.05, 0.1) is 16.7 Å². The molecule has 0 aliphatic rings. The van der Waals surface area contributed by atoms with Crippen molar-refractivity contribution in [3.05, 3.63) is 34.4 Å². The van der Waals surface area contributed by atoms with Gasteiger partial charge < -0.3 is 4.79 Å². The average Bonchev–Trinajstić information content (AvgIpc) is 2.24. The Morgan fingerprint density at radius 1 is 0.810 bits per heavy atom. The Kier molecular flexibility index (Phi) is 4.31. The van der Waals surface area contributed by atoms with E-state index < -0.39 is 53.3 Å². The second-order valence-corrected chi connectivity index (χ2v) is 3.92. The minimum Gasteiger partial charge on any atom is -0.303 e. The van der Waals surface area contributed by atoms with Gasteiger partial charge in [-0.2, -0.15) is 39.5 Å². The van der Waals surface area contributed by atoms with E-state index in [9.17, 15) is 44.3 Å². The molecule has 0 aliphatic carbocycles. The summed E-state index contributed by atoms with van der Waals surface area (Å²) in [5.74, 6) is 0. The van der Waals surface area contributed by atoms with Crippen LogP contribution in [0, 0.1) is 0 Å². The molecule has 118 valence electrons. The van der Waals surface area contributed by atoms with Crippen LogP contribution in [0.1, 0.15) is 22.3 Å². The van der Waals surface area contributed by atoms with Gasteiger partial charge in [0.25, 0.3) is 0 Å². The van der Waals surface area contributed by atoms with Crippen molar-refractivity contribution in [2.75, 3.05) is 0 Å². The van der Waals surface area contributed by atoms with Crippen LogP contribution in [0.5, 0.6) is 0 Å². The maximum absolute atomic E-state index is 12.7. The molecular weight excluding hydrogens is 319 g/mol. The fraction of sp³-hybridized carbons (Fsp3) is 0.364. The van der Waals surface area contributed by atoms with E-state index in [-0.39, 0.29) is 12.4 Å². The molecule has 0 spiro atoms. The molecule has 0 N–H and O–H groups in total. The number of carbonyl (C=O) groups excluding carboxylic acids is 1. The van der Waals surface area contributed by atoms with Crippen molar-refractivity contribution in [2.45, 2.75) is 24.9 Å². The number of alkyl halides is 9. The largest absolute Gasteiger partial charge is 0.417 e. The summed E-state index contributed by atoms with van der Waals surface area (Å²) in [6, 6.07) is -0.719. The third kappa shape index (κ3) is 3.88. The number of hydrogen-bond acceptors (Lipinski definition) is 1. The van der Waals surface area contributed by atoms with E-state index >= 15 is 0 Å². The van der Waals surface area contributed by atoms with Crippen LogP contribution < -0.4 is 0 Å². The Balaban J connectivity index is 3.79. The normalized spacial score (nSPS) is 13.4. The molecule has 0 fully saturated rings. The van der Waals surface area contributed by atoms with Crippen molar-refractivity contribution in [3.63, 3.8) is 0 Å². The Morgan fingerprint density at radius 3 is 1.67 bits per heavy atom. The van der Waals surface area contributed by atoms with E-state index in [1.54, 1.807) is 0 Å². The molecule has 0 unspecified atom stereocenters. The molecule has 0 bridgehead atoms. The topological polar surface area (TPSA) is 17.1 Å². The molecule has 0 atom stereocenters. The second-order valence-electron chi connectivity index (χ2n) is 3.92. The smallest absolute Gasteiger partial charge is 0.303 e. The third-order valence-corrected chi connectivity index (χ3v) is 2.44. The van der Waals surface area contributed by atoms with Gasteiger partial charge >= 0.3 is 18.5 Å². The van der Waals surface area contributed by atoms with Crippen LogP contribution >= 0.6 is 0 Å². The molecule has 0 radical (unpaired) electrons. The quantitative estimate of drug-likeness (QED) is 0.579. The fourth-order valence-corrected chi connectivity index (χ4v) is 1.67. The highest BCUT2D eigenvalue weighted by Crippen LogP contribution is 2.44. The number of halogens is 9. The van der Waals surface area contributed by atoms with Crippen LogP contribution in [0.2, 0.25) is 0 Å². The van der Waals surface area contributed by atoms with Crippen LogP contribution in [0.15, 0.2) is 12.1 Å². The van der Waals surface area contributed by atoms with Gasteiger partial charge in [0.2, 0.25) is 0 Å². The first-order valence-electron chi connectivity index (χ1n) is 5.10. The van der Waals surface area contributed by atoms with Crippen molar-refractivity contribution < 1.29 is 44.3 Å². The van der Waals surface area contributed by atoms with Gasteiger partial charge in [-0.05, 0) is 17.7 Å². The van der Waals surface area contributed by atoms with Gasteiger partial charge in [0.1, 0.15) is 6.29 Å². The standard InChI is InChI=1S/C11H5F9O/c12-9(13,14)6-3-5(1-2-21)8(11(18,19)20)7(4-6)10(15,16)17/h2-4H,1H2. The van der Waals surface area contributed by atoms with Crippen LogP contribution in [-0.4, -0.2) is 6.29 Å². The zero-order chi connectivity index (χ0) is 16.6. The predicted molar refractivity (Wildman–Crippen MR) is 51.2 cm³/mol. The molecule has 21 heavy (non-hydrogen) atoms. The molecule has 0 amide bonds. The molecule has 0 saturated heterocycles. The Hall–Kier alpha value is -1.74. The van der Waals surface area contributed by atoms with Crippen molar-refractivity contribution in [1.29, 1.82) is 0 Å². The summed E-state index contributed by atoms with van der Waals surface area (Å²) in [5.41, 5.74) is -8.03. The molecule has 1 nitrogen and oxygen atoms in total. The Morgan fingerprint density at radius 2 is 1.33 bits per heavy atom. The molecule has 1 aromatic carbocycles. The molecular formula is C11H5F9O. The van der Waals surface area contributed by atoms with Crippen LogP contribution in [0.3, 0.4) is 0 Å². The number of aldehydes is 1. The molecule has 0 heterocycles. The zero-order valence-corrected chi connectivity index (χ0v) is 9.75. The van der Waals surface area contributed by atoms with E-state index in [0.717, 1.165) is 0 Å². The SMILES string of the molecule is O=CCc1cc(C(F)(F)F)cc(C(F)(F)F)c1C(F)(F)F. The van der Waals surface area contributed by atoms with Crippen molar-refractivity contribution in [2.24, 2.45) is 0 Å². The molecule has 1 rings (SSSR count). The Bertz CT molecular complexity index is 536. The van der Waals surface area contributed by atoms with E-state index in [4.69, 9.17) is 0 Å². The van der Waals surface area contributed by atoms with Gasteiger partial charge in [-0.25, -0.2) is 0 Å². The van der Waals surface area contributed by atoms with Crippen molar-refractivity contribution in [1.82, 2.24) is 0 Å². The van der Waals surface area contributed by atoms with E-state index in [1.165, 1.54) is 0 Å².